The first-order valence-corrected chi connectivity index (χ1v) is 10.5. The molecule has 0 aromatic heterocycles. The second-order valence-electron chi connectivity index (χ2n) is 7.27. The smallest absolute Gasteiger partial charge is 0.333 e. The Hall–Kier alpha value is -0.790. The fourth-order valence-electron chi connectivity index (χ4n) is 3.05. The zero-order valence-electron chi connectivity index (χ0n) is 16.7. The van der Waals surface area contributed by atoms with Gasteiger partial charge >= 0.3 is 5.97 Å². The number of carbonyl (C=O) groups is 1. The van der Waals surface area contributed by atoms with Crippen LogP contribution in [0, 0.1) is 0 Å². The topological polar surface area (TPSA) is 26.3 Å². The Bertz CT molecular complexity index is 309. The van der Waals surface area contributed by atoms with Gasteiger partial charge in [-0.25, -0.2) is 4.79 Å². The molecular formula is C22H42O2. The van der Waals surface area contributed by atoms with Crippen LogP contribution in [-0.4, -0.2) is 12.1 Å². The van der Waals surface area contributed by atoms with Crippen LogP contribution in [0.25, 0.3) is 0 Å². The van der Waals surface area contributed by atoms with Crippen LogP contribution in [0.3, 0.4) is 0 Å². The number of esters is 1. The zero-order chi connectivity index (χ0) is 18.0. The van der Waals surface area contributed by atoms with Crippen LogP contribution in [0.2, 0.25) is 0 Å². The summed E-state index contributed by atoms with van der Waals surface area (Å²) in [6, 6.07) is 0. The lowest BCUT2D eigenvalue weighted by Crippen LogP contribution is -2.18. The third-order valence-electron chi connectivity index (χ3n) is 4.61. The van der Waals surface area contributed by atoms with Crippen molar-refractivity contribution in [2.24, 2.45) is 0 Å². The van der Waals surface area contributed by atoms with E-state index in [1.165, 1.54) is 77.0 Å². The van der Waals surface area contributed by atoms with Gasteiger partial charge in [-0.2, -0.15) is 0 Å². The summed E-state index contributed by atoms with van der Waals surface area (Å²) in [6.45, 7) is 9.79. The number of unbranched alkanes of at least 4 members (excludes halogenated alkanes) is 11. The molecular weight excluding hydrogens is 296 g/mol. The van der Waals surface area contributed by atoms with Crippen LogP contribution >= 0.6 is 0 Å². The molecule has 0 fully saturated rings. The minimum absolute atomic E-state index is 0.0855. The first kappa shape index (κ1) is 23.2. The molecule has 0 heterocycles. The molecule has 0 N–H and O–H groups in total. The Morgan fingerprint density at radius 1 is 0.750 bits per heavy atom. The average Bonchev–Trinajstić information content (AvgIpc) is 2.55. The molecule has 0 saturated heterocycles. The highest BCUT2D eigenvalue weighted by atomic mass is 16.5. The van der Waals surface area contributed by atoms with E-state index in [-0.39, 0.29) is 12.1 Å². The van der Waals surface area contributed by atoms with E-state index in [1.54, 1.807) is 6.92 Å². The molecule has 24 heavy (non-hydrogen) atoms. The number of rotatable bonds is 17. The fourth-order valence-corrected chi connectivity index (χ4v) is 3.05. The summed E-state index contributed by atoms with van der Waals surface area (Å²) < 4.78 is 5.51. The molecule has 0 rings (SSSR count). The van der Waals surface area contributed by atoms with Gasteiger partial charge in [0, 0.05) is 5.57 Å². The number of hydrogen-bond donors (Lipinski definition) is 0. The molecule has 0 radical (unpaired) electrons. The SMILES string of the molecule is C=C(C)C(=O)OC(CCC)CCCCCCCCCCCCCC. The van der Waals surface area contributed by atoms with E-state index in [0.29, 0.717) is 5.57 Å². The van der Waals surface area contributed by atoms with E-state index >= 15 is 0 Å². The molecule has 1 unspecified atom stereocenters. The summed E-state index contributed by atoms with van der Waals surface area (Å²) >= 11 is 0. The second-order valence-corrected chi connectivity index (χ2v) is 7.27. The first-order valence-electron chi connectivity index (χ1n) is 10.5. The predicted molar refractivity (Wildman–Crippen MR) is 105 cm³/mol. The van der Waals surface area contributed by atoms with E-state index in [4.69, 9.17) is 4.74 Å². The van der Waals surface area contributed by atoms with Gasteiger partial charge in [0.05, 0.1) is 0 Å². The van der Waals surface area contributed by atoms with Gasteiger partial charge in [-0.15, -0.1) is 0 Å². The van der Waals surface area contributed by atoms with E-state index in [9.17, 15) is 4.79 Å². The Morgan fingerprint density at radius 3 is 1.62 bits per heavy atom. The van der Waals surface area contributed by atoms with Crippen molar-refractivity contribution in [3.05, 3.63) is 12.2 Å². The lowest BCUT2D eigenvalue weighted by Gasteiger charge is -2.17. The van der Waals surface area contributed by atoms with Crippen LogP contribution in [0.15, 0.2) is 12.2 Å². The quantitative estimate of drug-likeness (QED) is 0.157. The highest BCUT2D eigenvalue weighted by Gasteiger charge is 2.13. The Balaban J connectivity index is 3.48. The molecule has 0 amide bonds. The molecule has 0 saturated carbocycles. The highest BCUT2D eigenvalue weighted by Crippen LogP contribution is 2.16. The summed E-state index contributed by atoms with van der Waals surface area (Å²) in [5.74, 6) is -0.229. The summed E-state index contributed by atoms with van der Waals surface area (Å²) in [5.41, 5.74) is 0.505. The lowest BCUT2D eigenvalue weighted by atomic mass is 10.0. The second kappa shape index (κ2) is 17.0. The monoisotopic (exact) mass is 338 g/mol. The molecule has 142 valence electrons. The van der Waals surface area contributed by atoms with Crippen molar-refractivity contribution in [2.45, 2.75) is 123 Å². The van der Waals surface area contributed by atoms with Crippen molar-refractivity contribution in [3.8, 4) is 0 Å². The van der Waals surface area contributed by atoms with E-state index in [2.05, 4.69) is 20.4 Å². The molecule has 0 aliphatic heterocycles. The molecule has 1 atom stereocenters. The molecule has 0 aliphatic carbocycles. The van der Waals surface area contributed by atoms with Gasteiger partial charge in [0.25, 0.3) is 0 Å². The minimum atomic E-state index is -0.229. The van der Waals surface area contributed by atoms with Gasteiger partial charge in [0.2, 0.25) is 0 Å². The van der Waals surface area contributed by atoms with Crippen LogP contribution in [0.5, 0.6) is 0 Å². The summed E-state index contributed by atoms with van der Waals surface area (Å²) in [5, 5.41) is 0. The molecule has 2 nitrogen and oxygen atoms in total. The van der Waals surface area contributed by atoms with Crippen molar-refractivity contribution in [3.63, 3.8) is 0 Å². The van der Waals surface area contributed by atoms with Gasteiger partial charge in [-0.1, -0.05) is 97.5 Å². The molecule has 0 aromatic carbocycles. The van der Waals surface area contributed by atoms with Crippen molar-refractivity contribution in [1.82, 2.24) is 0 Å². The number of carbonyl (C=O) groups excluding carboxylic acids is 1. The van der Waals surface area contributed by atoms with Crippen molar-refractivity contribution >= 4 is 5.97 Å². The third-order valence-corrected chi connectivity index (χ3v) is 4.61. The Kier molecular flexibility index (Phi) is 16.5. The highest BCUT2D eigenvalue weighted by molar-refractivity contribution is 5.87. The number of ether oxygens (including phenoxy) is 1. The normalized spacial score (nSPS) is 12.1. The van der Waals surface area contributed by atoms with Crippen LogP contribution in [0.1, 0.15) is 117 Å². The van der Waals surface area contributed by atoms with Crippen molar-refractivity contribution < 1.29 is 9.53 Å². The van der Waals surface area contributed by atoms with Crippen LogP contribution in [-0.2, 0) is 9.53 Å². The lowest BCUT2D eigenvalue weighted by molar-refractivity contribution is -0.144. The Morgan fingerprint density at radius 2 is 1.21 bits per heavy atom. The van der Waals surface area contributed by atoms with Crippen molar-refractivity contribution in [1.29, 1.82) is 0 Å². The number of hydrogen-bond acceptors (Lipinski definition) is 2. The van der Waals surface area contributed by atoms with Crippen molar-refractivity contribution in [2.75, 3.05) is 0 Å². The maximum absolute atomic E-state index is 11.6. The molecule has 0 spiro atoms. The maximum atomic E-state index is 11.6. The van der Waals surface area contributed by atoms with Gasteiger partial charge in [0.1, 0.15) is 6.10 Å². The van der Waals surface area contributed by atoms with Crippen LogP contribution < -0.4 is 0 Å². The largest absolute Gasteiger partial charge is 0.459 e. The molecule has 0 aliphatic rings. The standard InChI is InChI=1S/C22H42O2/c1-5-7-8-9-10-11-12-13-14-15-16-17-19-21(18-6-2)24-22(23)20(3)4/h21H,3,5-19H2,1-2,4H3. The summed E-state index contributed by atoms with van der Waals surface area (Å²) in [4.78, 5) is 11.6. The molecule has 2 heteroatoms. The third kappa shape index (κ3) is 14.8. The molecule has 0 bridgehead atoms. The van der Waals surface area contributed by atoms with Gasteiger partial charge < -0.3 is 4.74 Å². The average molecular weight is 339 g/mol. The first-order chi connectivity index (χ1) is 11.6. The summed E-state index contributed by atoms with van der Waals surface area (Å²) in [6.07, 6.45) is 19.5. The van der Waals surface area contributed by atoms with Gasteiger partial charge in [-0.05, 0) is 26.2 Å². The summed E-state index contributed by atoms with van der Waals surface area (Å²) in [7, 11) is 0. The fraction of sp³-hybridized carbons (Fsp3) is 0.864. The Labute approximate surface area is 151 Å². The van der Waals surface area contributed by atoms with Crippen LogP contribution in [0.4, 0.5) is 0 Å². The maximum Gasteiger partial charge on any atom is 0.333 e. The van der Waals surface area contributed by atoms with E-state index < -0.39 is 0 Å². The van der Waals surface area contributed by atoms with E-state index in [0.717, 1.165) is 19.3 Å². The molecule has 0 aromatic rings. The van der Waals surface area contributed by atoms with E-state index in [1.807, 2.05) is 0 Å². The predicted octanol–water partition coefficient (Wildman–Crippen LogP) is 7.37. The minimum Gasteiger partial charge on any atom is -0.459 e. The van der Waals surface area contributed by atoms with Gasteiger partial charge in [-0.3, -0.25) is 0 Å². The zero-order valence-corrected chi connectivity index (χ0v) is 16.7. The van der Waals surface area contributed by atoms with Gasteiger partial charge in [0.15, 0.2) is 0 Å².